The third-order valence-electron chi connectivity index (χ3n) is 9.46. The summed E-state index contributed by atoms with van der Waals surface area (Å²) in [7, 11) is -1.79. The molecular weight excluding hydrogens is 562 g/mol. The van der Waals surface area contributed by atoms with Gasteiger partial charge < -0.3 is 32.0 Å². The molecule has 2 saturated carbocycles. The molecule has 6 atom stereocenters. The first-order valence-corrected chi connectivity index (χ1v) is 18.7. The molecule has 0 aliphatic heterocycles. The second kappa shape index (κ2) is 17.7. The Bertz CT molecular complexity index is 865. The Hall–Kier alpha value is 0.0712. The molecule has 0 saturated heterocycles. The smallest absolute Gasteiger partial charge is 0.659 e. The van der Waals surface area contributed by atoms with Gasteiger partial charge in [-0.2, -0.15) is 0 Å². The van der Waals surface area contributed by atoms with Crippen molar-refractivity contribution in [1.29, 1.82) is 0 Å². The van der Waals surface area contributed by atoms with Gasteiger partial charge in [0.15, 0.2) is 0 Å². The number of ether oxygens (including phenoxy) is 1. The van der Waals surface area contributed by atoms with Crippen LogP contribution in [0.5, 0.6) is 0 Å². The minimum absolute atomic E-state index is 0. The molecule has 0 heterocycles. The maximum atomic E-state index is 5.96. The van der Waals surface area contributed by atoms with Crippen LogP contribution in [-0.2, 0) is 31.9 Å². The summed E-state index contributed by atoms with van der Waals surface area (Å²) >= 11 is 0. The molecule has 6 unspecified atom stereocenters. The van der Waals surface area contributed by atoms with Crippen LogP contribution < -0.4 is 0 Å². The zero-order chi connectivity index (χ0) is 28.4. The van der Waals surface area contributed by atoms with Crippen LogP contribution in [0.25, 0.3) is 4.98 Å². The Balaban J connectivity index is 0. The van der Waals surface area contributed by atoms with Crippen molar-refractivity contribution in [2.24, 2.45) is 17.8 Å². The van der Waals surface area contributed by atoms with Gasteiger partial charge in [0.05, 0.1) is 5.60 Å². The standard InChI is InChI=1S/C35H62NOSi.3CH3.Ti/c1-26-25-31-29(27-19-21-28(22-20-27)33(2,3)4)17-16-18-30(31)32(26)38(11,36-34(5,6)7)24-15-13-12-14-23-37-35(8,9)10;;;;/h19-22,26,29-32H,12-18,23-25H2,1-11H3;3*1H3;/q4*-1;+4. The summed E-state index contributed by atoms with van der Waals surface area (Å²) in [5.41, 5.74) is 4.18. The molecule has 0 radical (unpaired) electrons. The molecule has 3 rings (SSSR count). The first-order valence-electron chi connectivity index (χ1n) is 16.0. The molecule has 1 aromatic rings. The zero-order valence-corrected chi connectivity index (χ0v) is 33.2. The minimum atomic E-state index is -1.79. The van der Waals surface area contributed by atoms with Crippen LogP contribution in [0.4, 0.5) is 0 Å². The third-order valence-corrected chi connectivity index (χ3v) is 14.4. The molecular formula is C38H71NOSiTi. The van der Waals surface area contributed by atoms with Crippen LogP contribution in [0.2, 0.25) is 18.1 Å². The summed E-state index contributed by atoms with van der Waals surface area (Å²) in [6.07, 6.45) is 10.8. The number of rotatable bonds is 10. The van der Waals surface area contributed by atoms with E-state index in [9.17, 15) is 0 Å². The van der Waals surface area contributed by atoms with Gasteiger partial charge in [-0.3, -0.25) is 0 Å². The van der Waals surface area contributed by atoms with Gasteiger partial charge in [0.25, 0.3) is 0 Å². The first-order chi connectivity index (χ1) is 17.5. The molecule has 42 heavy (non-hydrogen) atoms. The number of hydrogen-bond donors (Lipinski definition) is 0. The summed E-state index contributed by atoms with van der Waals surface area (Å²) in [5, 5.41) is 0. The maximum absolute atomic E-state index is 5.96. The fraction of sp³-hybridized carbons (Fsp3) is 0.763. The van der Waals surface area contributed by atoms with Crippen molar-refractivity contribution < 1.29 is 26.5 Å². The number of hydrogen-bond acceptors (Lipinski definition) is 1. The van der Waals surface area contributed by atoms with Gasteiger partial charge in [-0.15, -0.1) is 5.54 Å². The minimum Gasteiger partial charge on any atom is -0.659 e. The number of nitrogens with zero attached hydrogens (tertiary/aromatic N) is 1. The van der Waals surface area contributed by atoms with Crippen LogP contribution in [-0.4, -0.2) is 26.0 Å². The number of fused-ring (bicyclic) bond motifs is 1. The van der Waals surface area contributed by atoms with E-state index in [-0.39, 0.29) is 60.6 Å². The Morgan fingerprint density at radius 1 is 0.810 bits per heavy atom. The largest absolute Gasteiger partial charge is 4.00 e. The predicted molar refractivity (Wildman–Crippen MR) is 189 cm³/mol. The van der Waals surface area contributed by atoms with E-state index in [1.807, 2.05) is 0 Å². The van der Waals surface area contributed by atoms with E-state index in [2.05, 4.69) is 100 Å². The van der Waals surface area contributed by atoms with E-state index in [1.165, 1.54) is 63.0 Å². The van der Waals surface area contributed by atoms with E-state index in [1.54, 1.807) is 5.56 Å². The summed E-state index contributed by atoms with van der Waals surface area (Å²) in [4.78, 5) is 5.78. The average molecular weight is 634 g/mol. The average Bonchev–Trinajstić information content (AvgIpc) is 3.12. The van der Waals surface area contributed by atoms with E-state index >= 15 is 0 Å². The zero-order valence-electron chi connectivity index (χ0n) is 30.6. The normalized spacial score (nSPS) is 25.5. The molecule has 0 spiro atoms. The quantitative estimate of drug-likeness (QED) is 0.143. The summed E-state index contributed by atoms with van der Waals surface area (Å²) in [6, 6.07) is 11.1. The summed E-state index contributed by atoms with van der Waals surface area (Å²) in [5.74, 6) is 3.27. The second-order valence-electron chi connectivity index (χ2n) is 16.2. The van der Waals surface area contributed by atoms with Gasteiger partial charge in [0, 0.05) is 6.61 Å². The van der Waals surface area contributed by atoms with E-state index in [0.717, 1.165) is 35.8 Å². The van der Waals surface area contributed by atoms with Gasteiger partial charge in [0.2, 0.25) is 0 Å². The van der Waals surface area contributed by atoms with E-state index < -0.39 is 8.24 Å². The molecule has 242 valence electrons. The van der Waals surface area contributed by atoms with Gasteiger partial charge >= 0.3 is 21.7 Å². The topological polar surface area (TPSA) is 23.3 Å². The molecule has 2 aliphatic rings. The van der Waals surface area contributed by atoms with Crippen molar-refractivity contribution in [2.75, 3.05) is 6.61 Å². The van der Waals surface area contributed by atoms with Gasteiger partial charge in [-0.25, -0.2) is 0 Å². The molecule has 0 bridgehead atoms. The molecule has 0 aromatic heterocycles. The third kappa shape index (κ3) is 12.5. The molecule has 2 aliphatic carbocycles. The van der Waals surface area contributed by atoms with Crippen LogP contribution in [0, 0.1) is 40.0 Å². The van der Waals surface area contributed by atoms with Crippen molar-refractivity contribution in [3.05, 3.63) is 62.7 Å². The molecule has 2 fully saturated rings. The molecule has 2 nitrogen and oxygen atoms in total. The Morgan fingerprint density at radius 3 is 1.90 bits per heavy atom. The van der Waals surface area contributed by atoms with E-state index in [4.69, 9.17) is 9.72 Å². The summed E-state index contributed by atoms with van der Waals surface area (Å²) < 4.78 is 5.96. The van der Waals surface area contributed by atoms with Crippen LogP contribution in [0.3, 0.4) is 0 Å². The molecule has 0 N–H and O–H groups in total. The molecule has 4 heteroatoms. The fourth-order valence-electron chi connectivity index (χ4n) is 8.18. The summed E-state index contributed by atoms with van der Waals surface area (Å²) in [6.45, 7) is 26.6. The van der Waals surface area contributed by atoms with Crippen LogP contribution >= 0.6 is 0 Å². The monoisotopic (exact) mass is 633 g/mol. The Morgan fingerprint density at radius 2 is 1.38 bits per heavy atom. The van der Waals surface area contributed by atoms with Crippen molar-refractivity contribution in [2.45, 2.75) is 161 Å². The molecule has 1 aromatic carbocycles. The second-order valence-corrected chi connectivity index (χ2v) is 20.3. The Labute approximate surface area is 281 Å². The Kier molecular flexibility index (Phi) is 18.6. The van der Waals surface area contributed by atoms with Gasteiger partial charge in [-0.05, 0) is 80.2 Å². The van der Waals surface area contributed by atoms with Crippen molar-refractivity contribution in [3.8, 4) is 0 Å². The van der Waals surface area contributed by atoms with Crippen molar-refractivity contribution in [3.63, 3.8) is 0 Å². The van der Waals surface area contributed by atoms with Crippen molar-refractivity contribution >= 4 is 8.24 Å². The first kappa shape index (κ1) is 44.2. The maximum Gasteiger partial charge on any atom is 4.00 e. The van der Waals surface area contributed by atoms with Crippen molar-refractivity contribution in [1.82, 2.24) is 0 Å². The van der Waals surface area contributed by atoms with Gasteiger partial charge in [0.1, 0.15) is 0 Å². The van der Waals surface area contributed by atoms with Crippen LogP contribution in [0.15, 0.2) is 24.3 Å². The SMILES string of the molecule is CC1CC2C(c3ccc(C(C)(C)C)cc3)CCCC2C1[Si](C)(CCCCCCOC(C)(C)C)[N-]C(C)(C)C.[CH3-].[CH3-].[CH3-].[Ti+4]. The fourth-order valence-corrected chi connectivity index (χ4v) is 14.0. The number of benzene rings is 1. The van der Waals surface area contributed by atoms with Gasteiger partial charge in [-0.1, -0.05) is 131 Å². The predicted octanol–water partition coefficient (Wildman–Crippen LogP) is 12.4. The molecule has 0 amide bonds. The van der Waals surface area contributed by atoms with E-state index in [0.29, 0.717) is 0 Å². The van der Waals surface area contributed by atoms with Crippen LogP contribution in [0.1, 0.15) is 138 Å². The number of unbranched alkanes of at least 4 members (excludes halogenated alkanes) is 3.